The Morgan fingerprint density at radius 3 is 2.46 bits per heavy atom. The van der Waals surface area contributed by atoms with Gasteiger partial charge in [0, 0.05) is 15.4 Å². The Balaban J connectivity index is 1.83. The van der Waals surface area contributed by atoms with Crippen LogP contribution in [0.4, 0.5) is 5.69 Å². The largest absolute Gasteiger partial charge is 0.321 e. The molecule has 4 aromatic rings. The van der Waals surface area contributed by atoms with E-state index in [1.165, 1.54) is 0 Å². The van der Waals surface area contributed by atoms with E-state index in [2.05, 4.69) is 34.2 Å². The van der Waals surface area contributed by atoms with Gasteiger partial charge in [0.1, 0.15) is 0 Å². The number of anilines is 1. The molecule has 0 spiro atoms. The topological polar surface area (TPSA) is 42.0 Å². The number of fused-ring (bicyclic) bond motifs is 1. The highest BCUT2D eigenvalue weighted by Gasteiger charge is 2.15. The average molecular weight is 431 g/mol. The molecule has 3 nitrogen and oxygen atoms in total. The number of nitrogens with one attached hydrogen (secondary N) is 1. The number of halogens is 1. The van der Waals surface area contributed by atoms with Crippen molar-refractivity contribution in [1.82, 2.24) is 4.98 Å². The summed E-state index contributed by atoms with van der Waals surface area (Å²) in [4.78, 5) is 18.0. The monoisotopic (exact) mass is 430 g/mol. The van der Waals surface area contributed by atoms with Crippen molar-refractivity contribution in [3.8, 4) is 11.3 Å². The van der Waals surface area contributed by atoms with Gasteiger partial charge in [0.05, 0.1) is 22.5 Å². The van der Waals surface area contributed by atoms with Gasteiger partial charge in [-0.2, -0.15) is 0 Å². The number of amides is 1. The predicted molar refractivity (Wildman–Crippen MR) is 119 cm³/mol. The molecule has 0 radical (unpaired) electrons. The molecular weight excluding hydrogens is 412 g/mol. The number of rotatable bonds is 3. The second-order valence-corrected chi connectivity index (χ2v) is 7.68. The molecule has 138 valence electrons. The fourth-order valence-corrected chi connectivity index (χ4v) is 3.87. The van der Waals surface area contributed by atoms with Crippen LogP contribution in [-0.2, 0) is 0 Å². The van der Waals surface area contributed by atoms with E-state index in [4.69, 9.17) is 4.98 Å². The lowest BCUT2D eigenvalue weighted by Crippen LogP contribution is -2.13. The standard InChI is InChI=1S/C24H19BrN2O/c1-15-11-12-22(20(25)13-15)27-24(28)19-14-23(17-8-4-3-7-16(17)2)26-21-10-6-5-9-18(19)21/h3-14H,1-2H3,(H,27,28). The summed E-state index contributed by atoms with van der Waals surface area (Å²) in [6.45, 7) is 4.07. The van der Waals surface area contributed by atoms with Crippen molar-refractivity contribution in [1.29, 1.82) is 0 Å². The first-order chi connectivity index (χ1) is 13.5. The number of benzene rings is 3. The van der Waals surface area contributed by atoms with Crippen LogP contribution in [0.2, 0.25) is 0 Å². The summed E-state index contributed by atoms with van der Waals surface area (Å²) < 4.78 is 0.860. The molecular formula is C24H19BrN2O. The van der Waals surface area contributed by atoms with E-state index >= 15 is 0 Å². The molecule has 4 rings (SSSR count). The van der Waals surface area contributed by atoms with Crippen molar-refractivity contribution >= 4 is 38.4 Å². The Morgan fingerprint density at radius 2 is 1.68 bits per heavy atom. The van der Waals surface area contributed by atoms with Gasteiger partial charge in [-0.1, -0.05) is 48.5 Å². The summed E-state index contributed by atoms with van der Waals surface area (Å²) in [5.41, 5.74) is 6.23. The van der Waals surface area contributed by atoms with E-state index < -0.39 is 0 Å². The maximum absolute atomic E-state index is 13.2. The van der Waals surface area contributed by atoms with Gasteiger partial charge in [-0.25, -0.2) is 4.98 Å². The van der Waals surface area contributed by atoms with Crippen LogP contribution in [0.15, 0.2) is 77.3 Å². The van der Waals surface area contributed by atoms with E-state index in [0.29, 0.717) is 5.56 Å². The van der Waals surface area contributed by atoms with E-state index in [9.17, 15) is 4.79 Å². The molecule has 0 atom stereocenters. The fraction of sp³-hybridized carbons (Fsp3) is 0.0833. The van der Waals surface area contributed by atoms with Crippen LogP contribution >= 0.6 is 15.9 Å². The minimum absolute atomic E-state index is 0.155. The number of para-hydroxylation sites is 1. The smallest absolute Gasteiger partial charge is 0.256 e. The number of hydrogen-bond donors (Lipinski definition) is 1. The third kappa shape index (κ3) is 3.56. The maximum atomic E-state index is 13.2. The van der Waals surface area contributed by atoms with Crippen LogP contribution in [0.25, 0.3) is 22.2 Å². The van der Waals surface area contributed by atoms with E-state index in [1.807, 2.05) is 73.7 Å². The molecule has 0 bridgehead atoms. The number of hydrogen-bond acceptors (Lipinski definition) is 2. The van der Waals surface area contributed by atoms with Crippen LogP contribution in [0, 0.1) is 13.8 Å². The number of pyridine rings is 1. The number of aryl methyl sites for hydroxylation is 2. The minimum Gasteiger partial charge on any atom is -0.321 e. The van der Waals surface area contributed by atoms with Crippen LogP contribution in [0.3, 0.4) is 0 Å². The normalized spacial score (nSPS) is 10.8. The average Bonchev–Trinajstić information content (AvgIpc) is 2.69. The van der Waals surface area contributed by atoms with Gasteiger partial charge in [0.2, 0.25) is 0 Å². The lowest BCUT2D eigenvalue weighted by atomic mass is 10.0. The molecule has 0 aliphatic rings. The van der Waals surface area contributed by atoms with Crippen LogP contribution in [0.5, 0.6) is 0 Å². The first-order valence-electron chi connectivity index (χ1n) is 9.06. The van der Waals surface area contributed by atoms with Crippen molar-refractivity contribution in [2.24, 2.45) is 0 Å². The lowest BCUT2D eigenvalue weighted by molar-refractivity contribution is 0.102. The first-order valence-corrected chi connectivity index (χ1v) is 9.85. The first kappa shape index (κ1) is 18.4. The molecule has 1 amide bonds. The van der Waals surface area contributed by atoms with E-state index in [0.717, 1.165) is 43.4 Å². The van der Waals surface area contributed by atoms with Crippen molar-refractivity contribution in [2.45, 2.75) is 13.8 Å². The number of carbonyl (C=O) groups excluding carboxylic acids is 1. The second kappa shape index (κ2) is 7.56. The summed E-state index contributed by atoms with van der Waals surface area (Å²) >= 11 is 3.53. The molecule has 0 aliphatic heterocycles. The highest BCUT2D eigenvalue weighted by atomic mass is 79.9. The maximum Gasteiger partial charge on any atom is 0.256 e. The highest BCUT2D eigenvalue weighted by molar-refractivity contribution is 9.10. The van der Waals surface area contributed by atoms with Crippen molar-refractivity contribution in [3.05, 3.63) is 94.0 Å². The minimum atomic E-state index is -0.155. The zero-order valence-electron chi connectivity index (χ0n) is 15.7. The van der Waals surface area contributed by atoms with Crippen LogP contribution in [-0.4, -0.2) is 10.9 Å². The summed E-state index contributed by atoms with van der Waals surface area (Å²) in [6, 6.07) is 23.6. The highest BCUT2D eigenvalue weighted by Crippen LogP contribution is 2.29. The molecule has 1 N–H and O–H groups in total. The SMILES string of the molecule is Cc1ccc(NC(=O)c2cc(-c3ccccc3C)nc3ccccc23)c(Br)c1. The lowest BCUT2D eigenvalue weighted by Gasteiger charge is -2.13. The third-order valence-corrected chi connectivity index (χ3v) is 5.41. The van der Waals surface area contributed by atoms with Gasteiger partial charge >= 0.3 is 0 Å². The summed E-state index contributed by atoms with van der Waals surface area (Å²) in [7, 11) is 0. The number of nitrogens with zero attached hydrogens (tertiary/aromatic N) is 1. The number of aromatic nitrogens is 1. The molecule has 0 saturated carbocycles. The van der Waals surface area contributed by atoms with Gasteiger partial charge < -0.3 is 5.32 Å². The fourth-order valence-electron chi connectivity index (χ4n) is 3.27. The molecule has 1 aromatic heterocycles. The molecule has 0 saturated heterocycles. The Kier molecular flexibility index (Phi) is 4.97. The Labute approximate surface area is 172 Å². The molecule has 0 unspecified atom stereocenters. The molecule has 0 aliphatic carbocycles. The van der Waals surface area contributed by atoms with Gasteiger partial charge in [-0.15, -0.1) is 0 Å². The number of carbonyl (C=O) groups is 1. The molecule has 28 heavy (non-hydrogen) atoms. The van der Waals surface area contributed by atoms with E-state index in [-0.39, 0.29) is 5.91 Å². The van der Waals surface area contributed by atoms with Gasteiger partial charge in [0.15, 0.2) is 0 Å². The zero-order chi connectivity index (χ0) is 19.7. The van der Waals surface area contributed by atoms with Gasteiger partial charge in [-0.3, -0.25) is 4.79 Å². The predicted octanol–water partition coefficient (Wildman–Crippen LogP) is 6.53. The summed E-state index contributed by atoms with van der Waals surface area (Å²) in [6.07, 6.45) is 0. The Hall–Kier alpha value is -2.98. The van der Waals surface area contributed by atoms with Crippen LogP contribution < -0.4 is 5.32 Å². The summed E-state index contributed by atoms with van der Waals surface area (Å²) in [5, 5.41) is 3.86. The molecule has 3 aromatic carbocycles. The Morgan fingerprint density at radius 1 is 0.929 bits per heavy atom. The summed E-state index contributed by atoms with van der Waals surface area (Å²) in [5.74, 6) is -0.155. The zero-order valence-corrected chi connectivity index (χ0v) is 17.2. The molecule has 1 heterocycles. The van der Waals surface area contributed by atoms with Crippen LogP contribution in [0.1, 0.15) is 21.5 Å². The quantitative estimate of drug-likeness (QED) is 0.401. The van der Waals surface area contributed by atoms with E-state index in [1.54, 1.807) is 0 Å². The van der Waals surface area contributed by atoms with Crippen molar-refractivity contribution in [3.63, 3.8) is 0 Å². The van der Waals surface area contributed by atoms with Gasteiger partial charge in [-0.05, 0) is 65.2 Å². The van der Waals surface area contributed by atoms with Crippen molar-refractivity contribution in [2.75, 3.05) is 5.32 Å². The third-order valence-electron chi connectivity index (χ3n) is 4.75. The molecule has 0 fully saturated rings. The van der Waals surface area contributed by atoms with Gasteiger partial charge in [0.25, 0.3) is 5.91 Å². The molecule has 4 heteroatoms. The second-order valence-electron chi connectivity index (χ2n) is 6.82. The van der Waals surface area contributed by atoms with Crippen molar-refractivity contribution < 1.29 is 4.79 Å². The Bertz CT molecular complexity index is 1200.